The molecule has 0 aromatic heterocycles. The van der Waals surface area contributed by atoms with Gasteiger partial charge in [-0.3, -0.25) is 0 Å². The normalized spacial score (nSPS) is 20.6. The Labute approximate surface area is 929 Å². The van der Waals surface area contributed by atoms with Crippen molar-refractivity contribution in [2.24, 2.45) is 0 Å². The van der Waals surface area contributed by atoms with E-state index >= 15 is 0 Å². The molecule has 0 amide bonds. The zero-order valence-corrected chi connectivity index (χ0v) is 69.0. The Morgan fingerprint density at radius 1 is 0.0870 bits per heavy atom. The molecule has 0 aliphatic heterocycles. The first-order valence-corrected chi connectivity index (χ1v) is 40.5. The fourth-order valence-electron chi connectivity index (χ4n) is 15.8. The highest BCUT2D eigenvalue weighted by Crippen LogP contribution is 2.53. The Morgan fingerprint density at radius 2 is 0.297 bits per heavy atom. The lowest BCUT2D eigenvalue weighted by Crippen LogP contribution is -1.93. The van der Waals surface area contributed by atoms with Crippen LogP contribution >= 0.6 is 0 Å². The SMILES string of the molecule is [2H]c1c([2H])c([2H])c(-c2c([2H])c(-c3c4c([2H])c([2H])c([2H])c([2H])c4c(-c4c([2H])c([2H])c([2H])c([2H])c4[2H])c4c([2H])c(-c5c([2H])c([2H])c6c([2H])c([2H])c([2H])c([2H])c6c5[2H])c([2H])c([2H])c34)c3c([2H])c([2H])c([2H])c([2H])c3c2[2H])c([2H])c1[2H].[2H]c1c([2H])c([2H])c(-c2c([2H])c(-c3c4c([2H])c([2H])c([2H])c([2H])c4c(-c4c([2H])c([2H])c([2H])c([2H])c4[2H])c4c([2H])c([2H])c(-c5c([2H])c([2H])c([2H])c6c([2H])c([2H])c([2H])c([2H])c56)c([2H])c34)c3c([2H])c([2H])c([2H])c([2H])c3c2[2H])c([2H])c1[2H].[2H]c1c([2H])c([2H])c(-c2c([2H])c(-c3c4c([2H])c([2H])c([2H])c([2H])c4c(-c4c([2H])c([2H])c([2H])c([2H])c4[2H])c4c([2H])c([2H])c(-c5c([2H])c([2H])c6c([2H])c([2H])c([2H])c([2H])c6c5[2H])c([2H])c34)c3c([2H])c([2H])c([2H])c([2H])c3c2[2H])c([2H])c1[2H]. The minimum atomic E-state index is -1.19. The lowest BCUT2D eigenvalue weighted by molar-refractivity contribution is 1.63. The molecule has 0 atom stereocenters. The van der Waals surface area contributed by atoms with Gasteiger partial charge in [-0.25, -0.2) is 0 Å². The van der Waals surface area contributed by atoms with E-state index in [1.165, 1.54) is 0 Å². The summed E-state index contributed by atoms with van der Waals surface area (Å²) in [6.45, 7) is 0. The lowest BCUT2D eigenvalue weighted by atomic mass is 9.82. The van der Waals surface area contributed by atoms with Crippen LogP contribution in [0, 0.1) is 0 Å². The van der Waals surface area contributed by atoms with Gasteiger partial charge in [0.2, 0.25) is 0 Å². The number of fused-ring (bicyclic) bond motifs is 12. The molecule has 0 fully saturated rings. The van der Waals surface area contributed by atoms with Gasteiger partial charge in [-0.2, -0.15) is 0 Å². The average molecular weight is 1840 g/mol. The average Bonchev–Trinajstić information content (AvgIpc) is 0.678. The first-order valence-electron chi connectivity index (χ1n) is 85.5. The quantitative estimate of drug-likeness (QED) is 0.107. The summed E-state index contributed by atoms with van der Waals surface area (Å²) < 4.78 is 814. The maximum Gasteiger partial charge on any atom is 0.0636 e. The molecule has 138 heavy (non-hydrogen) atoms. The van der Waals surface area contributed by atoms with E-state index in [0.717, 1.165) is 0 Å². The predicted molar refractivity (Wildman–Crippen MR) is 595 cm³/mol. The summed E-state index contributed by atoms with van der Waals surface area (Å²) in [5.74, 6) is 0. The summed E-state index contributed by atoms with van der Waals surface area (Å²) >= 11 is 0. The summed E-state index contributed by atoms with van der Waals surface area (Å²) in [6, 6.07) is -92.4. The summed E-state index contributed by atoms with van der Waals surface area (Å²) in [4.78, 5) is 0. The van der Waals surface area contributed by atoms with Crippen LogP contribution in [0.5, 0.6) is 0 Å². The largest absolute Gasteiger partial charge is 0.0636 e. The van der Waals surface area contributed by atoms with Gasteiger partial charge in [0.25, 0.3) is 0 Å². The maximum absolute atomic E-state index is 10.3. The molecule has 642 valence electrons. The van der Waals surface area contributed by atoms with E-state index in [9.17, 15) is 42.5 Å². The van der Waals surface area contributed by atoms with Crippen molar-refractivity contribution in [1.82, 2.24) is 0 Å². The molecule has 0 saturated carbocycles. The highest BCUT2D eigenvalue weighted by molar-refractivity contribution is 6.28. The summed E-state index contributed by atoms with van der Waals surface area (Å²) in [7, 11) is 0. The third-order valence-electron chi connectivity index (χ3n) is 21.6. The van der Waals surface area contributed by atoms with Crippen LogP contribution in [0.2, 0.25) is 0 Å². The van der Waals surface area contributed by atoms with Gasteiger partial charge in [0, 0.05) is 0 Å². The van der Waals surface area contributed by atoms with Crippen molar-refractivity contribution >= 4 is 129 Å². The van der Waals surface area contributed by atoms with Crippen LogP contribution in [0.25, 0.3) is 263 Å². The van der Waals surface area contributed by atoms with E-state index in [0.29, 0.717) is 0 Å². The first kappa shape index (κ1) is 31.1. The van der Waals surface area contributed by atoms with Crippen LogP contribution < -0.4 is 0 Å². The van der Waals surface area contributed by atoms with Crippen molar-refractivity contribution in [1.29, 1.82) is 0 Å². The molecule has 0 spiro atoms. The van der Waals surface area contributed by atoms with Gasteiger partial charge in [-0.15, -0.1) is 0 Å². The van der Waals surface area contributed by atoms with E-state index in [4.69, 9.17) is 80.9 Å². The van der Waals surface area contributed by atoms with Crippen molar-refractivity contribution in [3.63, 3.8) is 0 Å². The second-order valence-corrected chi connectivity index (χ2v) is 29.2. The van der Waals surface area contributed by atoms with Gasteiger partial charge in [-0.1, -0.05) is 477 Å². The van der Waals surface area contributed by atoms with Gasteiger partial charge in [0.05, 0.1) is 123 Å². The molecule has 27 aromatic rings. The Hall–Kier alpha value is -17.9. The van der Waals surface area contributed by atoms with Crippen molar-refractivity contribution in [2.45, 2.75) is 0 Å². The van der Waals surface area contributed by atoms with Crippen LogP contribution in [0.1, 0.15) is 123 Å². The minimum Gasteiger partial charge on any atom is -0.0622 e. The molecule has 0 nitrogen and oxygen atoms in total. The van der Waals surface area contributed by atoms with Gasteiger partial charge >= 0.3 is 0 Å². The van der Waals surface area contributed by atoms with Gasteiger partial charge in [0.1, 0.15) is 0 Å². The molecule has 0 N–H and O–H groups in total. The maximum atomic E-state index is 10.3. The molecule has 0 heterocycles. The van der Waals surface area contributed by atoms with E-state index in [1.54, 1.807) is 0 Å². The van der Waals surface area contributed by atoms with Gasteiger partial charge in [0.15, 0.2) is 0 Å². The zero-order valence-electron chi connectivity index (χ0n) is 159. The Morgan fingerprint density at radius 3 is 0.652 bits per heavy atom. The highest BCUT2D eigenvalue weighted by atomic mass is 14.3. The summed E-state index contributed by atoms with van der Waals surface area (Å²) in [5, 5.41) is -19.6. The third kappa shape index (κ3) is 15.0. The molecule has 0 heteroatoms. The van der Waals surface area contributed by atoms with E-state index in [-0.39, 0.29) is 0 Å². The smallest absolute Gasteiger partial charge is 0.0622 e. The van der Waals surface area contributed by atoms with Crippen molar-refractivity contribution in [2.75, 3.05) is 0 Å². The molecule has 0 bridgehead atoms. The molecule has 0 aliphatic rings. The van der Waals surface area contributed by atoms with Crippen LogP contribution in [0.3, 0.4) is 0 Å². The lowest BCUT2D eigenvalue weighted by Gasteiger charge is -2.20. The van der Waals surface area contributed by atoms with Crippen molar-refractivity contribution < 1.29 is 123 Å². The zero-order chi connectivity index (χ0) is 170. The Kier molecular flexibility index (Phi) is 8.00. The van der Waals surface area contributed by atoms with E-state index < -0.39 is 807 Å². The third-order valence-corrected chi connectivity index (χ3v) is 21.6. The molecule has 0 radical (unpaired) electrons. The Balaban J connectivity index is 0.000000161. The van der Waals surface area contributed by atoms with E-state index in [2.05, 4.69) is 0 Å². The highest BCUT2D eigenvalue weighted by Gasteiger charge is 2.26. The summed E-state index contributed by atoms with van der Waals surface area (Å²) in [6.07, 6.45) is 0. The van der Waals surface area contributed by atoms with Gasteiger partial charge in [-0.05, 0) is 329 Å². The topological polar surface area (TPSA) is 0 Å². The number of benzene rings is 27. The summed E-state index contributed by atoms with van der Waals surface area (Å²) in [5.41, 5.74) is -21.6. The molecular formula is C138H90. The Bertz CT molecular complexity index is 15200. The first-order chi connectivity index (χ1) is 106. The molecule has 0 aliphatic carbocycles. The second kappa shape index (κ2) is 35.5. The molecule has 0 unspecified atom stereocenters. The van der Waals surface area contributed by atoms with E-state index in [1.807, 2.05) is 0 Å². The van der Waals surface area contributed by atoms with Crippen LogP contribution in [-0.4, -0.2) is 0 Å². The number of rotatable bonds is 12. The predicted octanol–water partition coefficient (Wildman–Crippen LogP) is 38.9. The second-order valence-electron chi connectivity index (χ2n) is 29.2. The van der Waals surface area contributed by atoms with Crippen LogP contribution in [-0.2, 0) is 0 Å². The molecular weight excluding hydrogens is 1660 g/mol. The molecule has 27 rings (SSSR count). The molecule has 27 aromatic carbocycles. The number of hydrogen-bond donors (Lipinski definition) is 0. The van der Waals surface area contributed by atoms with Crippen LogP contribution in [0.15, 0.2) is 544 Å². The van der Waals surface area contributed by atoms with Crippen LogP contribution in [0.4, 0.5) is 0 Å². The van der Waals surface area contributed by atoms with Crippen molar-refractivity contribution in [3.05, 3.63) is 544 Å². The van der Waals surface area contributed by atoms with Crippen molar-refractivity contribution in [3.8, 4) is 134 Å². The number of hydrogen-bond acceptors (Lipinski definition) is 0. The fourth-order valence-corrected chi connectivity index (χ4v) is 15.8. The van der Waals surface area contributed by atoms with Gasteiger partial charge < -0.3 is 0 Å². The standard InChI is InChI=1S/3C46H30/c1-3-14-31(15-4-1)36-28-34-19-8-10-22-39(34)43(30-36)46-41-24-12-11-23-40(41)45(33-17-5-2-6-18-33)42-27-26-35(29-44(42)46)38-25-13-20-32-16-7-9-21-37(32)38;1-3-13-31(14-4-1)38-28-37-19-9-10-20-39(37)43(30-38)46-41-22-12-11-21-40(41)45(33-16-5-2-6-17-33)44-29-36(25-26-42(44)46)35-24-23-32-15-7-8-18-34(32)27-35;1-3-13-31(14-4-1)38-28-37-19-9-10-20-39(37)43(30-38)46-41-22-12-11-21-40(41)45(33-16-5-2-6-17-33)42-26-25-36(29-44(42)46)35-24-23-32-15-7-8-18-34(32)27-35/h3*1-30H/i3*1D,2D,3D,4D,5D,6D,7D,8D,9D,10D,11D,12D,13D,14D,15D,16D,17D,18D,19D,20D,21D,22D,23D,24D,25D,26D,27D,28D,29D,30D. The minimum absolute atomic E-state index is 0.619. The molecule has 0 saturated heterocycles. The fraction of sp³-hybridized carbons (Fsp3) is 0. The monoisotopic (exact) mass is 1840 g/mol.